The first kappa shape index (κ1) is 9.73. The first-order valence-electron chi connectivity index (χ1n) is 3.30. The fraction of sp³-hybridized carbons (Fsp3) is 0.375. The molecule has 60 valence electrons. The molecule has 1 unspecified atom stereocenters. The van der Waals surface area contributed by atoms with E-state index in [1.54, 1.807) is 12.2 Å². The molecule has 0 heterocycles. The molecule has 0 aromatic heterocycles. The Balaban J connectivity index is 3.88. The largest absolute Gasteiger partial charge is 0.339 e. The summed E-state index contributed by atoms with van der Waals surface area (Å²) in [6.45, 7) is 1.85. The van der Waals surface area contributed by atoms with Crippen molar-refractivity contribution in [1.82, 2.24) is 5.32 Å². The van der Waals surface area contributed by atoms with Gasteiger partial charge in [0.1, 0.15) is 6.04 Å². The van der Waals surface area contributed by atoms with Crippen molar-refractivity contribution in [3.63, 3.8) is 0 Å². The number of nitrogens with one attached hydrogen (secondary N) is 1. The molecule has 0 fully saturated rings. The molecule has 0 radical (unpaired) electrons. The van der Waals surface area contributed by atoms with Gasteiger partial charge >= 0.3 is 0 Å². The molecule has 0 saturated carbocycles. The predicted octanol–water partition coefficient (Wildman–Crippen LogP) is -0.361. The first-order chi connectivity index (χ1) is 5.20. The SMILES string of the molecule is C#CC(C=CCN)NC(C)=O. The standard InChI is InChI=1S/C8H12N2O/c1-3-8(5-4-6-9)10-7(2)11/h1,4-5,8H,6,9H2,2H3,(H,10,11). The second-order valence-electron chi connectivity index (χ2n) is 2.01. The summed E-state index contributed by atoms with van der Waals surface area (Å²) in [6, 6.07) is -0.337. The van der Waals surface area contributed by atoms with Gasteiger partial charge in [-0.1, -0.05) is 18.1 Å². The van der Waals surface area contributed by atoms with Crippen molar-refractivity contribution in [3.8, 4) is 12.3 Å². The number of amides is 1. The van der Waals surface area contributed by atoms with Gasteiger partial charge in [-0.05, 0) is 0 Å². The van der Waals surface area contributed by atoms with Gasteiger partial charge in [-0.3, -0.25) is 4.79 Å². The van der Waals surface area contributed by atoms with Crippen molar-refractivity contribution >= 4 is 5.91 Å². The first-order valence-corrected chi connectivity index (χ1v) is 3.30. The summed E-state index contributed by atoms with van der Waals surface area (Å²) in [7, 11) is 0. The summed E-state index contributed by atoms with van der Waals surface area (Å²) in [5.41, 5.74) is 5.19. The number of carbonyl (C=O) groups excluding carboxylic acids is 1. The Labute approximate surface area is 66.7 Å². The van der Waals surface area contributed by atoms with Gasteiger partial charge in [0.25, 0.3) is 0 Å². The summed E-state index contributed by atoms with van der Waals surface area (Å²) in [5.74, 6) is 2.25. The summed E-state index contributed by atoms with van der Waals surface area (Å²) in [4.78, 5) is 10.5. The smallest absolute Gasteiger partial charge is 0.218 e. The Morgan fingerprint density at radius 3 is 2.91 bits per heavy atom. The Hall–Kier alpha value is -1.27. The van der Waals surface area contributed by atoms with Crippen molar-refractivity contribution in [2.75, 3.05) is 6.54 Å². The van der Waals surface area contributed by atoms with Gasteiger partial charge in [-0.2, -0.15) is 0 Å². The maximum absolute atomic E-state index is 10.5. The Kier molecular flexibility index (Phi) is 4.87. The zero-order valence-electron chi connectivity index (χ0n) is 6.50. The highest BCUT2D eigenvalue weighted by molar-refractivity contribution is 5.74. The molecule has 0 aliphatic heterocycles. The molecule has 3 heteroatoms. The lowest BCUT2D eigenvalue weighted by Crippen LogP contribution is -2.30. The second-order valence-corrected chi connectivity index (χ2v) is 2.01. The fourth-order valence-corrected chi connectivity index (χ4v) is 0.579. The van der Waals surface area contributed by atoms with E-state index < -0.39 is 0 Å². The molecular formula is C8H12N2O. The van der Waals surface area contributed by atoms with E-state index in [2.05, 4.69) is 11.2 Å². The van der Waals surface area contributed by atoms with Gasteiger partial charge in [0, 0.05) is 13.5 Å². The molecule has 0 saturated heterocycles. The summed E-state index contributed by atoms with van der Waals surface area (Å²) < 4.78 is 0. The Morgan fingerprint density at radius 1 is 1.91 bits per heavy atom. The average Bonchev–Trinajstić information content (AvgIpc) is 1.97. The minimum atomic E-state index is -0.337. The lowest BCUT2D eigenvalue weighted by atomic mass is 10.3. The number of nitrogens with two attached hydrogens (primary N) is 1. The van der Waals surface area contributed by atoms with Gasteiger partial charge in [0.05, 0.1) is 0 Å². The third-order valence-electron chi connectivity index (χ3n) is 1.00. The van der Waals surface area contributed by atoms with Crippen LogP contribution < -0.4 is 11.1 Å². The zero-order chi connectivity index (χ0) is 8.69. The molecule has 0 bridgehead atoms. The van der Waals surface area contributed by atoms with E-state index in [0.717, 1.165) is 0 Å². The van der Waals surface area contributed by atoms with E-state index in [9.17, 15) is 4.79 Å². The van der Waals surface area contributed by atoms with Crippen LogP contribution in [0.25, 0.3) is 0 Å². The molecule has 0 aromatic rings. The quantitative estimate of drug-likeness (QED) is 0.428. The highest BCUT2D eigenvalue weighted by Gasteiger charge is 1.98. The van der Waals surface area contributed by atoms with Gasteiger partial charge in [0.2, 0.25) is 5.91 Å². The minimum Gasteiger partial charge on any atom is -0.339 e. The number of carbonyl (C=O) groups is 1. The average molecular weight is 152 g/mol. The molecule has 0 aromatic carbocycles. The molecule has 0 spiro atoms. The summed E-state index contributed by atoms with van der Waals surface area (Å²) >= 11 is 0. The molecule has 0 aliphatic carbocycles. The van der Waals surface area contributed by atoms with Gasteiger partial charge < -0.3 is 11.1 Å². The van der Waals surface area contributed by atoms with E-state index in [1.807, 2.05) is 0 Å². The van der Waals surface area contributed by atoms with Crippen molar-refractivity contribution in [3.05, 3.63) is 12.2 Å². The van der Waals surface area contributed by atoms with E-state index in [0.29, 0.717) is 6.54 Å². The topological polar surface area (TPSA) is 55.1 Å². The van der Waals surface area contributed by atoms with Crippen molar-refractivity contribution in [2.45, 2.75) is 13.0 Å². The van der Waals surface area contributed by atoms with Crippen LogP contribution in [0.3, 0.4) is 0 Å². The van der Waals surface area contributed by atoms with Crippen LogP contribution in [0.1, 0.15) is 6.92 Å². The van der Waals surface area contributed by atoms with Crippen LogP contribution in [-0.4, -0.2) is 18.5 Å². The van der Waals surface area contributed by atoms with Crippen molar-refractivity contribution in [1.29, 1.82) is 0 Å². The summed E-state index contributed by atoms with van der Waals surface area (Å²) in [6.07, 6.45) is 8.50. The zero-order valence-corrected chi connectivity index (χ0v) is 6.50. The second kappa shape index (κ2) is 5.51. The van der Waals surface area contributed by atoms with Crippen molar-refractivity contribution in [2.24, 2.45) is 5.73 Å². The maximum atomic E-state index is 10.5. The molecule has 0 aliphatic rings. The molecular weight excluding hydrogens is 140 g/mol. The molecule has 3 N–H and O–H groups in total. The normalized spacial score (nSPS) is 12.5. The van der Waals surface area contributed by atoms with Crippen molar-refractivity contribution < 1.29 is 4.79 Å². The third kappa shape index (κ3) is 5.19. The Bertz CT molecular complexity index is 191. The van der Waals surface area contributed by atoms with E-state index >= 15 is 0 Å². The number of rotatable bonds is 3. The van der Waals surface area contributed by atoms with Crippen LogP contribution in [0.15, 0.2) is 12.2 Å². The predicted molar refractivity (Wildman–Crippen MR) is 44.6 cm³/mol. The minimum absolute atomic E-state index is 0.144. The monoisotopic (exact) mass is 152 g/mol. The third-order valence-corrected chi connectivity index (χ3v) is 1.00. The van der Waals surface area contributed by atoms with Gasteiger partial charge in [-0.15, -0.1) is 6.42 Å². The van der Waals surface area contributed by atoms with E-state index in [4.69, 9.17) is 12.2 Å². The van der Waals surface area contributed by atoms with Crippen LogP contribution in [0, 0.1) is 12.3 Å². The number of terminal acetylenes is 1. The van der Waals surface area contributed by atoms with E-state index in [-0.39, 0.29) is 11.9 Å². The molecule has 3 nitrogen and oxygen atoms in total. The highest BCUT2D eigenvalue weighted by atomic mass is 16.1. The van der Waals surface area contributed by atoms with Crippen LogP contribution in [0.5, 0.6) is 0 Å². The van der Waals surface area contributed by atoms with Crippen LogP contribution in [0.4, 0.5) is 0 Å². The lowest BCUT2D eigenvalue weighted by molar-refractivity contribution is -0.119. The van der Waals surface area contributed by atoms with Crippen LogP contribution in [0.2, 0.25) is 0 Å². The fourth-order valence-electron chi connectivity index (χ4n) is 0.579. The lowest BCUT2D eigenvalue weighted by Gasteiger charge is -2.04. The van der Waals surface area contributed by atoms with Gasteiger partial charge in [0.15, 0.2) is 0 Å². The highest BCUT2D eigenvalue weighted by Crippen LogP contribution is 1.83. The Morgan fingerprint density at radius 2 is 2.55 bits per heavy atom. The molecule has 1 atom stereocenters. The molecule has 11 heavy (non-hydrogen) atoms. The number of hydrogen-bond donors (Lipinski definition) is 2. The van der Waals surface area contributed by atoms with Crippen LogP contribution >= 0.6 is 0 Å². The van der Waals surface area contributed by atoms with Gasteiger partial charge in [-0.25, -0.2) is 0 Å². The summed E-state index contributed by atoms with van der Waals surface area (Å²) in [5, 5.41) is 2.55. The molecule has 1 amide bonds. The van der Waals surface area contributed by atoms with Crippen LogP contribution in [-0.2, 0) is 4.79 Å². The maximum Gasteiger partial charge on any atom is 0.218 e. The molecule has 0 rings (SSSR count). The van der Waals surface area contributed by atoms with E-state index in [1.165, 1.54) is 6.92 Å². The number of hydrogen-bond acceptors (Lipinski definition) is 2.